The lowest BCUT2D eigenvalue weighted by atomic mass is 10.3. The third-order valence-electron chi connectivity index (χ3n) is 3.68. The first-order valence-corrected chi connectivity index (χ1v) is 8.87. The Morgan fingerprint density at radius 3 is 2.58 bits per heavy atom. The Morgan fingerprint density at radius 2 is 1.92 bits per heavy atom. The molecule has 0 radical (unpaired) electrons. The second kappa shape index (κ2) is 10.2. The molecule has 8 heteroatoms. The van der Waals surface area contributed by atoms with Gasteiger partial charge in [-0.3, -0.25) is 4.99 Å². The molecule has 3 rings (SSSR count). The molecule has 0 spiro atoms. The predicted octanol–water partition coefficient (Wildman–Crippen LogP) is 3.43. The molecule has 2 N–H and O–H groups in total. The Morgan fingerprint density at radius 1 is 1.15 bits per heavy atom. The molecule has 0 fully saturated rings. The maximum atomic E-state index is 5.18. The fourth-order valence-corrected chi connectivity index (χ4v) is 2.98. The SMILES string of the molecule is CN=C(NCc1ccsc1)NCc1ccn(-c2ccc(OC)cc2)n1.I. The largest absolute Gasteiger partial charge is 0.497 e. The number of nitrogens with one attached hydrogen (secondary N) is 2. The van der Waals surface area contributed by atoms with Gasteiger partial charge < -0.3 is 15.4 Å². The molecule has 0 unspecified atom stereocenters. The van der Waals surface area contributed by atoms with Crippen molar-refractivity contribution < 1.29 is 4.74 Å². The van der Waals surface area contributed by atoms with Crippen molar-refractivity contribution in [3.05, 3.63) is 64.6 Å². The Hall–Kier alpha value is -2.07. The number of methoxy groups -OCH3 is 1. The molecule has 0 bridgehead atoms. The molecule has 6 nitrogen and oxygen atoms in total. The average molecular weight is 483 g/mol. The van der Waals surface area contributed by atoms with E-state index in [-0.39, 0.29) is 24.0 Å². The molecule has 0 aliphatic heterocycles. The molecule has 26 heavy (non-hydrogen) atoms. The zero-order valence-electron chi connectivity index (χ0n) is 14.7. The van der Waals surface area contributed by atoms with Crippen molar-refractivity contribution in [1.29, 1.82) is 0 Å². The van der Waals surface area contributed by atoms with Gasteiger partial charge in [-0.05, 0) is 52.7 Å². The van der Waals surface area contributed by atoms with Crippen LogP contribution in [0.25, 0.3) is 5.69 Å². The van der Waals surface area contributed by atoms with Crippen LogP contribution < -0.4 is 15.4 Å². The minimum atomic E-state index is 0. The number of nitrogens with zero attached hydrogens (tertiary/aromatic N) is 3. The van der Waals surface area contributed by atoms with Crippen molar-refractivity contribution in [3.8, 4) is 11.4 Å². The fourth-order valence-electron chi connectivity index (χ4n) is 2.31. The summed E-state index contributed by atoms with van der Waals surface area (Å²) in [5.41, 5.74) is 3.18. The van der Waals surface area contributed by atoms with Crippen molar-refractivity contribution in [2.24, 2.45) is 4.99 Å². The summed E-state index contributed by atoms with van der Waals surface area (Å²) in [5.74, 6) is 1.59. The number of hydrogen-bond donors (Lipinski definition) is 2. The smallest absolute Gasteiger partial charge is 0.191 e. The summed E-state index contributed by atoms with van der Waals surface area (Å²) in [6.45, 7) is 1.36. The summed E-state index contributed by atoms with van der Waals surface area (Å²) in [6.07, 6.45) is 1.94. The molecule has 0 saturated carbocycles. The highest BCUT2D eigenvalue weighted by atomic mass is 127. The lowest BCUT2D eigenvalue weighted by Crippen LogP contribution is -2.36. The van der Waals surface area contributed by atoms with E-state index in [1.807, 2.05) is 41.2 Å². The fraction of sp³-hybridized carbons (Fsp3) is 0.222. The van der Waals surface area contributed by atoms with E-state index < -0.39 is 0 Å². The van der Waals surface area contributed by atoms with Crippen LogP contribution in [0, 0.1) is 0 Å². The maximum Gasteiger partial charge on any atom is 0.191 e. The number of rotatable bonds is 6. The molecule has 0 saturated heterocycles. The molecule has 0 atom stereocenters. The van der Waals surface area contributed by atoms with Gasteiger partial charge >= 0.3 is 0 Å². The third kappa shape index (κ3) is 5.46. The van der Waals surface area contributed by atoms with Crippen LogP contribution in [-0.2, 0) is 13.1 Å². The first-order valence-electron chi connectivity index (χ1n) is 7.93. The van der Waals surface area contributed by atoms with E-state index in [2.05, 4.69) is 37.6 Å². The van der Waals surface area contributed by atoms with Crippen LogP contribution in [0.1, 0.15) is 11.3 Å². The molecule has 1 aromatic carbocycles. The van der Waals surface area contributed by atoms with Gasteiger partial charge in [0, 0.05) is 19.8 Å². The van der Waals surface area contributed by atoms with E-state index in [9.17, 15) is 0 Å². The second-order valence-corrected chi connectivity index (χ2v) is 6.14. The molecular formula is C18H22IN5OS. The molecular weight excluding hydrogens is 461 g/mol. The number of halogens is 1. The molecule has 2 aromatic heterocycles. The van der Waals surface area contributed by atoms with E-state index in [0.29, 0.717) is 6.54 Å². The lowest BCUT2D eigenvalue weighted by molar-refractivity contribution is 0.414. The highest BCUT2D eigenvalue weighted by Gasteiger charge is 2.04. The van der Waals surface area contributed by atoms with Gasteiger partial charge in [-0.1, -0.05) is 0 Å². The maximum absolute atomic E-state index is 5.18. The van der Waals surface area contributed by atoms with Crippen LogP contribution in [0.3, 0.4) is 0 Å². The summed E-state index contributed by atoms with van der Waals surface area (Å²) < 4.78 is 7.02. The number of aromatic nitrogens is 2. The summed E-state index contributed by atoms with van der Waals surface area (Å²) in [6, 6.07) is 11.9. The second-order valence-electron chi connectivity index (χ2n) is 5.36. The van der Waals surface area contributed by atoms with Crippen LogP contribution >= 0.6 is 35.3 Å². The minimum Gasteiger partial charge on any atom is -0.497 e. The topological polar surface area (TPSA) is 63.5 Å². The number of guanidine groups is 1. The van der Waals surface area contributed by atoms with Gasteiger partial charge in [0.25, 0.3) is 0 Å². The standard InChI is InChI=1S/C18H21N5OS.HI/c1-19-18(20-11-14-8-10-25-13-14)21-12-15-7-9-23(22-15)16-3-5-17(24-2)6-4-16;/h3-10,13H,11-12H2,1-2H3,(H2,19,20,21);1H. The Balaban J connectivity index is 0.00000243. The lowest BCUT2D eigenvalue weighted by Gasteiger charge is -2.10. The third-order valence-corrected chi connectivity index (χ3v) is 4.41. The Bertz CT molecular complexity index is 814. The Kier molecular flexibility index (Phi) is 7.92. The summed E-state index contributed by atoms with van der Waals surface area (Å²) in [4.78, 5) is 4.24. The highest BCUT2D eigenvalue weighted by Crippen LogP contribution is 2.14. The summed E-state index contributed by atoms with van der Waals surface area (Å²) >= 11 is 1.69. The van der Waals surface area contributed by atoms with Crippen molar-refractivity contribution in [2.75, 3.05) is 14.2 Å². The van der Waals surface area contributed by atoms with Crippen LogP contribution in [0.15, 0.2) is 58.3 Å². The number of ether oxygens (including phenoxy) is 1. The van der Waals surface area contributed by atoms with Crippen molar-refractivity contribution in [2.45, 2.75) is 13.1 Å². The first kappa shape index (κ1) is 20.2. The van der Waals surface area contributed by atoms with Crippen LogP contribution in [0.4, 0.5) is 0 Å². The van der Waals surface area contributed by atoms with Gasteiger partial charge in [0.1, 0.15) is 5.75 Å². The quantitative estimate of drug-likeness (QED) is 0.321. The molecule has 3 aromatic rings. The zero-order valence-corrected chi connectivity index (χ0v) is 17.8. The Labute approximate surface area is 174 Å². The van der Waals surface area contributed by atoms with Gasteiger partial charge in [0.2, 0.25) is 0 Å². The van der Waals surface area contributed by atoms with Gasteiger partial charge in [-0.2, -0.15) is 16.4 Å². The molecule has 0 aliphatic rings. The highest BCUT2D eigenvalue weighted by molar-refractivity contribution is 14.0. The van der Waals surface area contributed by atoms with Gasteiger partial charge in [-0.25, -0.2) is 4.68 Å². The van der Waals surface area contributed by atoms with E-state index in [0.717, 1.165) is 29.6 Å². The molecule has 2 heterocycles. The predicted molar refractivity (Wildman–Crippen MR) is 117 cm³/mol. The minimum absolute atomic E-state index is 0. The zero-order chi connectivity index (χ0) is 17.5. The van der Waals surface area contributed by atoms with Crippen molar-refractivity contribution in [1.82, 2.24) is 20.4 Å². The van der Waals surface area contributed by atoms with Crippen molar-refractivity contribution >= 4 is 41.3 Å². The molecule has 0 aliphatic carbocycles. The summed E-state index contributed by atoms with van der Waals surface area (Å²) in [5, 5.41) is 15.3. The van der Waals surface area contributed by atoms with E-state index in [1.54, 1.807) is 25.5 Å². The summed E-state index contributed by atoms with van der Waals surface area (Å²) in [7, 11) is 3.42. The van der Waals surface area contributed by atoms with E-state index in [1.165, 1.54) is 5.56 Å². The van der Waals surface area contributed by atoms with Crippen LogP contribution in [-0.4, -0.2) is 29.9 Å². The average Bonchev–Trinajstić information content (AvgIpc) is 3.34. The number of benzene rings is 1. The van der Waals surface area contributed by atoms with E-state index >= 15 is 0 Å². The normalized spacial score (nSPS) is 10.9. The monoisotopic (exact) mass is 483 g/mol. The number of aliphatic imine (C=N–C) groups is 1. The molecule has 0 amide bonds. The van der Waals surface area contributed by atoms with E-state index in [4.69, 9.17) is 4.74 Å². The number of hydrogen-bond acceptors (Lipinski definition) is 4. The van der Waals surface area contributed by atoms with Crippen LogP contribution in [0.2, 0.25) is 0 Å². The van der Waals surface area contributed by atoms with Crippen molar-refractivity contribution in [3.63, 3.8) is 0 Å². The first-order chi connectivity index (χ1) is 12.3. The van der Waals surface area contributed by atoms with Gasteiger partial charge in [0.05, 0.1) is 25.0 Å². The number of thiophene rings is 1. The van der Waals surface area contributed by atoms with Gasteiger partial charge in [0.15, 0.2) is 5.96 Å². The van der Waals surface area contributed by atoms with Gasteiger partial charge in [-0.15, -0.1) is 24.0 Å². The molecule has 138 valence electrons. The van der Waals surface area contributed by atoms with Crippen LogP contribution in [0.5, 0.6) is 5.75 Å².